The minimum absolute atomic E-state index is 0.569. The molecule has 0 aromatic carbocycles. The van der Waals surface area contributed by atoms with Gasteiger partial charge in [0.25, 0.3) is 0 Å². The Labute approximate surface area is 147 Å². The Hall–Kier alpha value is -1.78. The van der Waals surface area contributed by atoms with Gasteiger partial charge in [0.05, 0.1) is 6.54 Å². The fourth-order valence-corrected chi connectivity index (χ4v) is 3.18. The van der Waals surface area contributed by atoms with Gasteiger partial charge in [-0.05, 0) is 45.2 Å². The van der Waals surface area contributed by atoms with E-state index in [-0.39, 0.29) is 0 Å². The van der Waals surface area contributed by atoms with E-state index in [4.69, 9.17) is 4.99 Å². The van der Waals surface area contributed by atoms with Crippen LogP contribution < -0.4 is 15.5 Å². The third kappa shape index (κ3) is 5.69. The number of hydrogen-bond donors (Lipinski definition) is 2. The van der Waals surface area contributed by atoms with Crippen molar-refractivity contribution in [2.24, 2.45) is 4.99 Å². The first-order chi connectivity index (χ1) is 11.8. The first kappa shape index (κ1) is 18.6. The molecule has 24 heavy (non-hydrogen) atoms. The lowest BCUT2D eigenvalue weighted by atomic mass is 9.96. The van der Waals surface area contributed by atoms with Gasteiger partial charge in [-0.3, -0.25) is 0 Å². The topological polar surface area (TPSA) is 52.6 Å². The average Bonchev–Trinajstić information content (AvgIpc) is 2.63. The van der Waals surface area contributed by atoms with Crippen LogP contribution in [0.1, 0.15) is 58.4 Å². The third-order valence-electron chi connectivity index (χ3n) is 4.61. The number of hydrogen-bond acceptors (Lipinski definition) is 3. The molecular weight excluding hydrogens is 298 g/mol. The molecule has 5 heteroatoms. The number of anilines is 1. The van der Waals surface area contributed by atoms with Crippen molar-refractivity contribution in [1.29, 1.82) is 0 Å². The number of aromatic nitrogens is 1. The largest absolute Gasteiger partial charge is 0.357 e. The van der Waals surface area contributed by atoms with E-state index in [1.165, 1.54) is 32.1 Å². The molecule has 1 aromatic rings. The molecule has 1 aromatic heterocycles. The van der Waals surface area contributed by atoms with Crippen molar-refractivity contribution >= 4 is 11.8 Å². The summed E-state index contributed by atoms with van der Waals surface area (Å²) in [6, 6.07) is 4.80. The Balaban J connectivity index is 1.94. The summed E-state index contributed by atoms with van der Waals surface area (Å²) >= 11 is 0. The second-order valence-corrected chi connectivity index (χ2v) is 6.37. The highest BCUT2D eigenvalue weighted by Gasteiger charge is 2.14. The summed E-state index contributed by atoms with van der Waals surface area (Å²) < 4.78 is 0. The molecule has 1 saturated carbocycles. The Bertz CT molecular complexity index is 487. The van der Waals surface area contributed by atoms with Gasteiger partial charge >= 0.3 is 0 Å². The summed E-state index contributed by atoms with van der Waals surface area (Å²) in [5.74, 6) is 1.97. The first-order valence-electron chi connectivity index (χ1n) is 9.51. The lowest BCUT2D eigenvalue weighted by Gasteiger charge is -2.24. The van der Waals surface area contributed by atoms with E-state index in [2.05, 4.69) is 53.4 Å². The molecule has 1 fully saturated rings. The predicted octanol–water partition coefficient (Wildman–Crippen LogP) is 3.32. The number of nitrogens with zero attached hydrogens (tertiary/aromatic N) is 3. The van der Waals surface area contributed by atoms with Crippen LogP contribution >= 0.6 is 0 Å². The van der Waals surface area contributed by atoms with Crippen LogP contribution in [0.4, 0.5) is 5.82 Å². The fraction of sp³-hybridized carbons (Fsp3) is 0.684. The van der Waals surface area contributed by atoms with Crippen LogP contribution in [0.15, 0.2) is 23.3 Å². The molecule has 0 saturated heterocycles. The van der Waals surface area contributed by atoms with E-state index in [0.29, 0.717) is 12.6 Å². The molecule has 134 valence electrons. The third-order valence-corrected chi connectivity index (χ3v) is 4.61. The maximum absolute atomic E-state index is 4.73. The molecule has 0 aliphatic heterocycles. The minimum Gasteiger partial charge on any atom is -0.357 e. The SMILES string of the molecule is CCNC(=NCc1ccc(N(CC)CC)nc1)NC1CCCCC1. The second-order valence-electron chi connectivity index (χ2n) is 6.37. The zero-order valence-corrected chi connectivity index (χ0v) is 15.5. The Morgan fingerprint density at radius 1 is 1.17 bits per heavy atom. The van der Waals surface area contributed by atoms with Crippen molar-refractivity contribution in [3.63, 3.8) is 0 Å². The minimum atomic E-state index is 0.569. The highest BCUT2D eigenvalue weighted by molar-refractivity contribution is 5.80. The van der Waals surface area contributed by atoms with E-state index in [9.17, 15) is 0 Å². The first-order valence-corrected chi connectivity index (χ1v) is 9.51. The molecule has 1 aliphatic rings. The molecule has 1 aliphatic carbocycles. The van der Waals surface area contributed by atoms with Crippen LogP contribution in [-0.4, -0.2) is 36.6 Å². The van der Waals surface area contributed by atoms with E-state index < -0.39 is 0 Å². The van der Waals surface area contributed by atoms with Gasteiger partial charge in [-0.2, -0.15) is 0 Å². The highest BCUT2D eigenvalue weighted by Crippen LogP contribution is 2.17. The molecule has 1 heterocycles. The molecule has 0 radical (unpaired) electrons. The van der Waals surface area contributed by atoms with Crippen LogP contribution in [0.25, 0.3) is 0 Å². The number of pyridine rings is 1. The van der Waals surface area contributed by atoms with Crippen molar-refractivity contribution in [1.82, 2.24) is 15.6 Å². The Morgan fingerprint density at radius 3 is 2.50 bits per heavy atom. The fourth-order valence-electron chi connectivity index (χ4n) is 3.18. The molecule has 5 nitrogen and oxygen atoms in total. The molecule has 0 bridgehead atoms. The van der Waals surface area contributed by atoms with Crippen LogP contribution in [0, 0.1) is 0 Å². The van der Waals surface area contributed by atoms with E-state index in [1.807, 2.05) is 6.20 Å². The van der Waals surface area contributed by atoms with Gasteiger partial charge in [0, 0.05) is 31.9 Å². The van der Waals surface area contributed by atoms with E-state index >= 15 is 0 Å². The van der Waals surface area contributed by atoms with Gasteiger partial charge in [0.2, 0.25) is 0 Å². The van der Waals surface area contributed by atoms with Crippen LogP contribution in [-0.2, 0) is 6.54 Å². The Morgan fingerprint density at radius 2 is 1.92 bits per heavy atom. The smallest absolute Gasteiger partial charge is 0.191 e. The maximum atomic E-state index is 4.73. The second kappa shape index (κ2) is 10.2. The van der Waals surface area contributed by atoms with Gasteiger partial charge in [-0.25, -0.2) is 9.98 Å². The summed E-state index contributed by atoms with van der Waals surface area (Å²) in [4.78, 5) is 11.6. The lowest BCUT2D eigenvalue weighted by molar-refractivity contribution is 0.410. The number of nitrogens with one attached hydrogen (secondary N) is 2. The van der Waals surface area contributed by atoms with Gasteiger partial charge in [0.15, 0.2) is 5.96 Å². The summed E-state index contributed by atoms with van der Waals surface area (Å²) in [5.41, 5.74) is 1.15. The molecular formula is C19H33N5. The van der Waals surface area contributed by atoms with Crippen molar-refractivity contribution in [2.75, 3.05) is 24.5 Å². The zero-order valence-electron chi connectivity index (χ0n) is 15.5. The number of rotatable bonds is 7. The van der Waals surface area contributed by atoms with Gasteiger partial charge < -0.3 is 15.5 Å². The predicted molar refractivity (Wildman–Crippen MR) is 103 cm³/mol. The van der Waals surface area contributed by atoms with Crippen molar-refractivity contribution in [3.8, 4) is 0 Å². The standard InChI is InChI=1S/C19H33N5/c1-4-20-19(23-17-10-8-7-9-11-17)22-15-16-12-13-18(21-14-16)24(5-2)6-3/h12-14,17H,4-11,15H2,1-3H3,(H2,20,22,23). The molecule has 0 atom stereocenters. The van der Waals surface area contributed by atoms with Crippen molar-refractivity contribution in [2.45, 2.75) is 65.5 Å². The summed E-state index contributed by atoms with van der Waals surface area (Å²) in [6.45, 7) is 9.93. The summed E-state index contributed by atoms with van der Waals surface area (Å²) in [6.07, 6.45) is 8.48. The van der Waals surface area contributed by atoms with Gasteiger partial charge in [-0.1, -0.05) is 25.3 Å². The molecule has 0 unspecified atom stereocenters. The van der Waals surface area contributed by atoms with Crippen LogP contribution in [0.5, 0.6) is 0 Å². The van der Waals surface area contributed by atoms with Crippen molar-refractivity contribution in [3.05, 3.63) is 23.9 Å². The summed E-state index contributed by atoms with van der Waals surface area (Å²) in [7, 11) is 0. The number of guanidine groups is 1. The summed E-state index contributed by atoms with van der Waals surface area (Å²) in [5, 5.41) is 6.94. The highest BCUT2D eigenvalue weighted by atomic mass is 15.2. The quantitative estimate of drug-likeness (QED) is 0.594. The maximum Gasteiger partial charge on any atom is 0.191 e. The monoisotopic (exact) mass is 331 g/mol. The molecule has 2 N–H and O–H groups in total. The molecule has 0 spiro atoms. The van der Waals surface area contributed by atoms with Gasteiger partial charge in [-0.15, -0.1) is 0 Å². The van der Waals surface area contributed by atoms with E-state index in [0.717, 1.165) is 37.0 Å². The van der Waals surface area contributed by atoms with Crippen LogP contribution in [0.2, 0.25) is 0 Å². The van der Waals surface area contributed by atoms with E-state index in [1.54, 1.807) is 0 Å². The van der Waals surface area contributed by atoms with Crippen LogP contribution in [0.3, 0.4) is 0 Å². The Kier molecular flexibility index (Phi) is 7.86. The average molecular weight is 332 g/mol. The number of aliphatic imine (C=N–C) groups is 1. The molecule has 2 rings (SSSR count). The zero-order chi connectivity index (χ0) is 17.2. The lowest BCUT2D eigenvalue weighted by Crippen LogP contribution is -2.44. The molecule has 0 amide bonds. The van der Waals surface area contributed by atoms with Crippen molar-refractivity contribution < 1.29 is 0 Å². The van der Waals surface area contributed by atoms with Gasteiger partial charge in [0.1, 0.15) is 5.82 Å². The normalized spacial score (nSPS) is 16.0.